The van der Waals surface area contributed by atoms with Crippen molar-refractivity contribution >= 4 is 5.91 Å². The van der Waals surface area contributed by atoms with E-state index in [-0.39, 0.29) is 5.91 Å². The molecule has 24 heavy (non-hydrogen) atoms. The van der Waals surface area contributed by atoms with Crippen molar-refractivity contribution in [2.75, 3.05) is 46.3 Å². The van der Waals surface area contributed by atoms with Gasteiger partial charge in [-0.2, -0.15) is 5.26 Å². The molecule has 1 amide bonds. The van der Waals surface area contributed by atoms with Crippen molar-refractivity contribution in [3.63, 3.8) is 0 Å². The molecule has 0 saturated carbocycles. The molecule has 0 radical (unpaired) electrons. The summed E-state index contributed by atoms with van der Waals surface area (Å²) in [4.78, 5) is 19.5. The van der Waals surface area contributed by atoms with Crippen molar-refractivity contribution in [3.05, 3.63) is 35.4 Å². The summed E-state index contributed by atoms with van der Waals surface area (Å²) in [7, 11) is 2.23. The van der Waals surface area contributed by atoms with Crippen molar-refractivity contribution in [2.24, 2.45) is 0 Å². The van der Waals surface area contributed by atoms with Gasteiger partial charge >= 0.3 is 0 Å². The van der Waals surface area contributed by atoms with E-state index < -0.39 is 0 Å². The molecule has 0 aromatic heterocycles. The molecule has 128 valence electrons. The van der Waals surface area contributed by atoms with Gasteiger partial charge in [-0.3, -0.25) is 9.69 Å². The fourth-order valence-corrected chi connectivity index (χ4v) is 3.68. The van der Waals surface area contributed by atoms with Crippen LogP contribution in [0.1, 0.15) is 35.2 Å². The molecule has 2 aliphatic rings. The highest BCUT2D eigenvalue weighted by molar-refractivity contribution is 5.94. The lowest BCUT2D eigenvalue weighted by atomic mass is 10.0. The molecule has 2 fully saturated rings. The van der Waals surface area contributed by atoms with Crippen LogP contribution >= 0.6 is 0 Å². The molecule has 2 aliphatic heterocycles. The Kier molecular flexibility index (Phi) is 5.49. The molecule has 2 saturated heterocycles. The van der Waals surface area contributed by atoms with Crippen LogP contribution in [0.4, 0.5) is 0 Å². The first-order valence-corrected chi connectivity index (χ1v) is 8.89. The molecule has 3 rings (SSSR count). The Labute approximate surface area is 144 Å². The van der Waals surface area contributed by atoms with Crippen molar-refractivity contribution < 1.29 is 4.79 Å². The first-order chi connectivity index (χ1) is 11.7. The molecule has 0 spiro atoms. The monoisotopic (exact) mass is 326 g/mol. The topological polar surface area (TPSA) is 50.6 Å². The zero-order valence-corrected chi connectivity index (χ0v) is 14.4. The van der Waals surface area contributed by atoms with E-state index in [4.69, 9.17) is 5.26 Å². The predicted octanol–water partition coefficient (Wildman–Crippen LogP) is 1.80. The van der Waals surface area contributed by atoms with E-state index in [0.29, 0.717) is 17.2 Å². The lowest BCUT2D eigenvalue weighted by molar-refractivity contribution is 0.0565. The zero-order chi connectivity index (χ0) is 16.9. The van der Waals surface area contributed by atoms with E-state index in [1.807, 2.05) is 4.90 Å². The third-order valence-electron chi connectivity index (χ3n) is 5.31. The van der Waals surface area contributed by atoms with Crippen molar-refractivity contribution in [1.82, 2.24) is 14.7 Å². The summed E-state index contributed by atoms with van der Waals surface area (Å²) in [6, 6.07) is 9.68. The third kappa shape index (κ3) is 3.95. The maximum Gasteiger partial charge on any atom is 0.253 e. The number of hydrogen-bond donors (Lipinski definition) is 0. The number of piperidine rings is 1. The van der Waals surface area contributed by atoms with Gasteiger partial charge in [-0.15, -0.1) is 0 Å². The normalized spacial score (nSPS) is 23.0. The van der Waals surface area contributed by atoms with Gasteiger partial charge in [-0.1, -0.05) is 6.42 Å². The zero-order valence-electron chi connectivity index (χ0n) is 14.4. The smallest absolute Gasteiger partial charge is 0.253 e. The van der Waals surface area contributed by atoms with Gasteiger partial charge in [0.15, 0.2) is 0 Å². The molecule has 1 atom stereocenters. The number of rotatable bonds is 3. The van der Waals surface area contributed by atoms with Crippen molar-refractivity contribution in [1.29, 1.82) is 5.26 Å². The average molecular weight is 326 g/mol. The van der Waals surface area contributed by atoms with Crippen LogP contribution < -0.4 is 0 Å². The summed E-state index contributed by atoms with van der Waals surface area (Å²) in [5.74, 6) is 0.0777. The summed E-state index contributed by atoms with van der Waals surface area (Å²) in [6.45, 7) is 5.81. The van der Waals surface area contributed by atoms with Gasteiger partial charge < -0.3 is 9.80 Å². The number of carbonyl (C=O) groups is 1. The minimum absolute atomic E-state index is 0.0777. The number of amides is 1. The minimum atomic E-state index is 0.0777. The maximum atomic E-state index is 12.6. The predicted molar refractivity (Wildman–Crippen MR) is 93.8 cm³/mol. The standard InChI is InChI=1S/C19H26N4O/c1-21-9-3-2-4-18(21)15-22-10-12-23(13-11-22)19(24)17-7-5-16(14-20)6-8-17/h5-8,18H,2-4,9-13,15H2,1H3. The van der Waals surface area contributed by atoms with Crippen LogP contribution in [0.5, 0.6) is 0 Å². The molecule has 0 N–H and O–H groups in total. The summed E-state index contributed by atoms with van der Waals surface area (Å²) in [5, 5.41) is 8.84. The fraction of sp³-hybridized carbons (Fsp3) is 0.579. The van der Waals surface area contributed by atoms with Crippen LogP contribution in [0, 0.1) is 11.3 Å². The Morgan fingerprint density at radius 1 is 1.12 bits per heavy atom. The second kappa shape index (κ2) is 7.78. The molecule has 1 aromatic carbocycles. The lowest BCUT2D eigenvalue weighted by Gasteiger charge is -2.40. The van der Waals surface area contributed by atoms with Crippen molar-refractivity contribution in [3.8, 4) is 6.07 Å². The third-order valence-corrected chi connectivity index (χ3v) is 5.31. The van der Waals surface area contributed by atoms with Gasteiger partial charge in [-0.05, 0) is 50.7 Å². The van der Waals surface area contributed by atoms with E-state index in [1.54, 1.807) is 24.3 Å². The van der Waals surface area contributed by atoms with Gasteiger partial charge in [0.05, 0.1) is 11.6 Å². The summed E-state index contributed by atoms with van der Waals surface area (Å²) < 4.78 is 0. The van der Waals surface area contributed by atoms with Gasteiger partial charge in [0.25, 0.3) is 5.91 Å². The Morgan fingerprint density at radius 3 is 2.46 bits per heavy atom. The first kappa shape index (κ1) is 16.9. The highest BCUT2D eigenvalue weighted by atomic mass is 16.2. The molecule has 2 heterocycles. The van der Waals surface area contributed by atoms with Gasteiger partial charge in [0.1, 0.15) is 0 Å². The molecule has 0 bridgehead atoms. The molecule has 5 nitrogen and oxygen atoms in total. The molecule has 0 aliphatic carbocycles. The van der Waals surface area contributed by atoms with Crippen LogP contribution in [0.2, 0.25) is 0 Å². The number of nitrogens with zero attached hydrogens (tertiary/aromatic N) is 4. The largest absolute Gasteiger partial charge is 0.336 e. The first-order valence-electron chi connectivity index (χ1n) is 8.89. The minimum Gasteiger partial charge on any atom is -0.336 e. The van der Waals surface area contributed by atoms with Gasteiger partial charge in [0, 0.05) is 44.3 Å². The highest BCUT2D eigenvalue weighted by Gasteiger charge is 2.26. The number of likely N-dealkylation sites (tertiary alicyclic amines) is 1. The summed E-state index contributed by atoms with van der Waals surface area (Å²) >= 11 is 0. The highest BCUT2D eigenvalue weighted by Crippen LogP contribution is 2.17. The molecule has 5 heteroatoms. The van der Waals surface area contributed by atoms with E-state index in [2.05, 4.69) is 22.9 Å². The van der Waals surface area contributed by atoms with E-state index in [0.717, 1.165) is 32.7 Å². The van der Waals surface area contributed by atoms with Crippen LogP contribution in [-0.2, 0) is 0 Å². The molecular formula is C19H26N4O. The van der Waals surface area contributed by atoms with Crippen LogP contribution in [-0.4, -0.2) is 73.0 Å². The van der Waals surface area contributed by atoms with Crippen molar-refractivity contribution in [2.45, 2.75) is 25.3 Å². The van der Waals surface area contributed by atoms with Gasteiger partial charge in [-0.25, -0.2) is 0 Å². The van der Waals surface area contributed by atoms with E-state index in [1.165, 1.54) is 25.8 Å². The van der Waals surface area contributed by atoms with Gasteiger partial charge in [0.2, 0.25) is 0 Å². The second-order valence-corrected chi connectivity index (χ2v) is 6.91. The summed E-state index contributed by atoms with van der Waals surface area (Å²) in [6.07, 6.45) is 3.95. The number of hydrogen-bond acceptors (Lipinski definition) is 4. The number of likely N-dealkylation sites (N-methyl/N-ethyl adjacent to an activating group) is 1. The fourth-order valence-electron chi connectivity index (χ4n) is 3.68. The Balaban J connectivity index is 1.50. The lowest BCUT2D eigenvalue weighted by Crippen LogP contribution is -2.53. The van der Waals surface area contributed by atoms with Crippen LogP contribution in [0.3, 0.4) is 0 Å². The average Bonchev–Trinajstić information content (AvgIpc) is 2.64. The Bertz CT molecular complexity index is 599. The molecule has 1 unspecified atom stereocenters. The number of carbonyl (C=O) groups excluding carboxylic acids is 1. The van der Waals surface area contributed by atoms with E-state index in [9.17, 15) is 4.79 Å². The van der Waals surface area contributed by atoms with E-state index >= 15 is 0 Å². The molecule has 1 aromatic rings. The molecular weight excluding hydrogens is 300 g/mol. The number of benzene rings is 1. The SMILES string of the molecule is CN1CCCCC1CN1CCN(C(=O)c2ccc(C#N)cc2)CC1. The summed E-state index contributed by atoms with van der Waals surface area (Å²) in [5.41, 5.74) is 1.27. The number of piperazine rings is 1. The second-order valence-electron chi connectivity index (χ2n) is 6.91. The quantitative estimate of drug-likeness (QED) is 0.850. The Morgan fingerprint density at radius 2 is 1.83 bits per heavy atom. The number of nitriles is 1. The van der Waals surface area contributed by atoms with Crippen LogP contribution in [0.15, 0.2) is 24.3 Å². The Hall–Kier alpha value is -1.90. The van der Waals surface area contributed by atoms with Crippen LogP contribution in [0.25, 0.3) is 0 Å². The maximum absolute atomic E-state index is 12.6.